The minimum Gasteiger partial charge on any atom is -0.368 e. The van der Waals surface area contributed by atoms with Crippen LogP contribution in [0.4, 0.5) is 0 Å². The molecule has 0 aliphatic carbocycles. The van der Waals surface area contributed by atoms with E-state index in [2.05, 4.69) is 25.6 Å². The molecule has 2 amide bonds. The molecule has 3 aromatic rings. The number of likely N-dealkylation sites (N-methyl/N-ethyl adjacent to an activating group) is 1. The lowest BCUT2D eigenvalue weighted by molar-refractivity contribution is -0.128. The Bertz CT molecular complexity index is 905. The van der Waals surface area contributed by atoms with Gasteiger partial charge >= 0.3 is 0 Å². The number of rotatable bonds is 8. The zero-order valence-corrected chi connectivity index (χ0v) is 15.6. The zero-order chi connectivity index (χ0) is 20.5. The lowest BCUT2D eigenvalue weighted by Gasteiger charge is -2.20. The molecule has 0 saturated carbocycles. The van der Waals surface area contributed by atoms with Gasteiger partial charge in [0.15, 0.2) is 0 Å². The summed E-state index contributed by atoms with van der Waals surface area (Å²) in [6, 6.07) is 6.50. The first-order valence-electron chi connectivity index (χ1n) is 8.66. The van der Waals surface area contributed by atoms with Crippen molar-refractivity contribution in [3.8, 4) is 0 Å². The Morgan fingerprint density at radius 1 is 1.18 bits per heavy atom. The van der Waals surface area contributed by atoms with Crippen LogP contribution >= 0.6 is 0 Å². The molecule has 0 fully saturated rings. The second-order valence-electron chi connectivity index (χ2n) is 6.15. The number of imidazole rings is 1. The van der Waals surface area contributed by atoms with Crippen molar-refractivity contribution in [3.05, 3.63) is 54.2 Å². The van der Waals surface area contributed by atoms with Gasteiger partial charge in [-0.3, -0.25) is 9.59 Å². The summed E-state index contributed by atoms with van der Waals surface area (Å²) in [4.78, 5) is 42.5. The van der Waals surface area contributed by atoms with Crippen LogP contribution in [-0.4, -0.2) is 52.7 Å². The monoisotopic (exact) mass is 384 g/mol. The predicted octanol–water partition coefficient (Wildman–Crippen LogP) is 0.0494. The van der Waals surface area contributed by atoms with Gasteiger partial charge in [-0.15, -0.1) is 0 Å². The molecule has 1 aromatic carbocycles. The fourth-order valence-electron chi connectivity index (χ4n) is 2.96. The number of amides is 2. The lowest BCUT2D eigenvalue weighted by atomic mass is 10.0. The van der Waals surface area contributed by atoms with Gasteiger partial charge in [0.2, 0.25) is 11.8 Å². The SMILES string of the molecule is C=O.CNC(Cc1cnc[nH]1)C(=O)N[C@@H](Cc1c[nH]c2ccccc12)C(N)=O. The molecule has 0 saturated heterocycles. The average molecular weight is 384 g/mol. The molecule has 2 aromatic heterocycles. The van der Waals surface area contributed by atoms with Crippen LogP contribution in [0.1, 0.15) is 11.3 Å². The van der Waals surface area contributed by atoms with Gasteiger partial charge in [-0.05, 0) is 18.7 Å². The van der Waals surface area contributed by atoms with E-state index in [1.54, 1.807) is 19.6 Å². The Balaban J connectivity index is 0.00000136. The molecule has 148 valence electrons. The Morgan fingerprint density at radius 2 is 1.93 bits per heavy atom. The quantitative estimate of drug-likeness (QED) is 0.372. The first kappa shape index (κ1) is 20.8. The number of carbonyl (C=O) groups excluding carboxylic acids is 3. The zero-order valence-electron chi connectivity index (χ0n) is 15.6. The van der Waals surface area contributed by atoms with Gasteiger partial charge in [0.05, 0.1) is 12.4 Å². The smallest absolute Gasteiger partial charge is 0.240 e. The van der Waals surface area contributed by atoms with E-state index < -0.39 is 18.0 Å². The molecule has 9 heteroatoms. The summed E-state index contributed by atoms with van der Waals surface area (Å²) in [6.07, 6.45) is 5.82. The van der Waals surface area contributed by atoms with Crippen LogP contribution in [0.5, 0.6) is 0 Å². The number of carbonyl (C=O) groups is 3. The van der Waals surface area contributed by atoms with Gasteiger partial charge in [0.1, 0.15) is 12.8 Å². The summed E-state index contributed by atoms with van der Waals surface area (Å²) < 4.78 is 0. The third-order valence-corrected chi connectivity index (χ3v) is 4.40. The number of H-pyrrole nitrogens is 2. The van der Waals surface area contributed by atoms with E-state index in [9.17, 15) is 9.59 Å². The molecule has 0 aliphatic rings. The molecule has 2 heterocycles. The Hall–Kier alpha value is -3.46. The Kier molecular flexibility index (Phi) is 7.46. The van der Waals surface area contributed by atoms with Crippen molar-refractivity contribution in [1.29, 1.82) is 0 Å². The average Bonchev–Trinajstić information content (AvgIpc) is 3.37. The fraction of sp³-hybridized carbons (Fsp3) is 0.263. The third kappa shape index (κ3) is 5.04. The largest absolute Gasteiger partial charge is 0.368 e. The molecule has 0 aliphatic heterocycles. The fourth-order valence-corrected chi connectivity index (χ4v) is 2.96. The normalized spacial score (nSPS) is 12.6. The highest BCUT2D eigenvalue weighted by molar-refractivity contribution is 5.90. The number of aromatic nitrogens is 3. The molecule has 3 rings (SSSR count). The van der Waals surface area contributed by atoms with Gasteiger partial charge < -0.3 is 31.1 Å². The predicted molar refractivity (Wildman–Crippen MR) is 105 cm³/mol. The minimum atomic E-state index is -0.792. The van der Waals surface area contributed by atoms with E-state index in [1.165, 1.54) is 0 Å². The first-order chi connectivity index (χ1) is 13.6. The van der Waals surface area contributed by atoms with Gasteiger partial charge in [-0.1, -0.05) is 18.2 Å². The number of nitrogens with two attached hydrogens (primary N) is 1. The number of hydrogen-bond donors (Lipinski definition) is 5. The molecule has 2 atom stereocenters. The molecule has 0 bridgehead atoms. The van der Waals surface area contributed by atoms with Gasteiger partial charge in [-0.2, -0.15) is 0 Å². The highest BCUT2D eigenvalue weighted by atomic mass is 16.2. The molecular weight excluding hydrogens is 360 g/mol. The van der Waals surface area contributed by atoms with Crippen LogP contribution in [0, 0.1) is 0 Å². The molecule has 9 nitrogen and oxygen atoms in total. The van der Waals surface area contributed by atoms with Crippen molar-refractivity contribution in [2.24, 2.45) is 5.73 Å². The molecule has 0 radical (unpaired) electrons. The van der Waals surface area contributed by atoms with E-state index in [1.807, 2.05) is 37.3 Å². The molecule has 28 heavy (non-hydrogen) atoms. The van der Waals surface area contributed by atoms with Crippen molar-refractivity contribution in [2.45, 2.75) is 24.9 Å². The van der Waals surface area contributed by atoms with Gasteiger partial charge in [0.25, 0.3) is 0 Å². The molecule has 0 spiro atoms. The summed E-state index contributed by atoms with van der Waals surface area (Å²) in [5.74, 6) is -0.856. The second kappa shape index (κ2) is 10.0. The van der Waals surface area contributed by atoms with E-state index in [0.717, 1.165) is 22.2 Å². The van der Waals surface area contributed by atoms with Gasteiger partial charge in [0, 0.05) is 41.8 Å². The van der Waals surface area contributed by atoms with Crippen molar-refractivity contribution < 1.29 is 14.4 Å². The Morgan fingerprint density at radius 3 is 2.57 bits per heavy atom. The second-order valence-corrected chi connectivity index (χ2v) is 6.15. The summed E-state index contributed by atoms with van der Waals surface area (Å²) in [5, 5.41) is 6.72. The molecule has 6 N–H and O–H groups in total. The number of nitrogens with zero attached hydrogens (tertiary/aromatic N) is 1. The standard InChI is InChI=1S/C18H22N6O2.CH2O/c1-20-16(7-12-9-21-10-23-12)18(26)24-15(17(19)25)6-11-8-22-14-5-3-2-4-13(11)14;1-2/h2-5,8-10,15-16,20,22H,6-7H2,1H3,(H2,19,25)(H,21,23)(H,24,26);1H2/t15-,16?;/m0./s1. The van der Waals surface area contributed by atoms with E-state index >= 15 is 0 Å². The Labute approximate surface area is 162 Å². The van der Waals surface area contributed by atoms with Crippen molar-refractivity contribution in [2.75, 3.05) is 7.05 Å². The van der Waals surface area contributed by atoms with E-state index in [0.29, 0.717) is 12.8 Å². The number of para-hydroxylation sites is 1. The number of benzene rings is 1. The summed E-state index contributed by atoms with van der Waals surface area (Å²) in [6.45, 7) is 2.00. The van der Waals surface area contributed by atoms with Crippen LogP contribution in [-0.2, 0) is 27.2 Å². The number of primary amides is 1. The number of nitrogens with one attached hydrogen (secondary N) is 4. The van der Waals surface area contributed by atoms with Crippen molar-refractivity contribution in [1.82, 2.24) is 25.6 Å². The minimum absolute atomic E-state index is 0.286. The summed E-state index contributed by atoms with van der Waals surface area (Å²) in [5.41, 5.74) is 8.25. The maximum absolute atomic E-state index is 12.6. The first-order valence-corrected chi connectivity index (χ1v) is 8.66. The van der Waals surface area contributed by atoms with E-state index in [-0.39, 0.29) is 5.91 Å². The highest BCUT2D eigenvalue weighted by Crippen LogP contribution is 2.19. The van der Waals surface area contributed by atoms with Crippen LogP contribution < -0.4 is 16.4 Å². The summed E-state index contributed by atoms with van der Waals surface area (Å²) >= 11 is 0. The highest BCUT2D eigenvalue weighted by Gasteiger charge is 2.25. The maximum atomic E-state index is 12.6. The van der Waals surface area contributed by atoms with Crippen LogP contribution in [0.15, 0.2) is 43.0 Å². The van der Waals surface area contributed by atoms with E-state index in [4.69, 9.17) is 10.5 Å². The van der Waals surface area contributed by atoms with Gasteiger partial charge in [-0.25, -0.2) is 4.98 Å². The topological polar surface area (TPSA) is 146 Å². The number of aromatic amines is 2. The molecule has 1 unspecified atom stereocenters. The van der Waals surface area contributed by atoms with Crippen molar-refractivity contribution in [3.63, 3.8) is 0 Å². The number of fused-ring (bicyclic) bond motifs is 1. The van der Waals surface area contributed by atoms with Crippen molar-refractivity contribution >= 4 is 29.5 Å². The maximum Gasteiger partial charge on any atom is 0.240 e. The van der Waals surface area contributed by atoms with Crippen LogP contribution in [0.25, 0.3) is 10.9 Å². The van der Waals surface area contributed by atoms with Crippen LogP contribution in [0.3, 0.4) is 0 Å². The third-order valence-electron chi connectivity index (χ3n) is 4.40. The lowest BCUT2D eigenvalue weighted by Crippen LogP contribution is -2.52. The number of hydrogen-bond acceptors (Lipinski definition) is 5. The molecular formula is C19H24N6O3. The van der Waals surface area contributed by atoms with Crippen LogP contribution in [0.2, 0.25) is 0 Å². The summed E-state index contributed by atoms with van der Waals surface area (Å²) in [7, 11) is 1.69.